The Morgan fingerprint density at radius 2 is 2.13 bits per heavy atom. The maximum Gasteiger partial charge on any atom is 0.325 e. The molecule has 2 aromatic heterocycles. The van der Waals surface area contributed by atoms with Gasteiger partial charge >= 0.3 is 5.97 Å². The first-order valence-corrected chi connectivity index (χ1v) is 10.8. The van der Waals surface area contributed by atoms with E-state index in [0.717, 1.165) is 16.8 Å². The second-order valence-electron chi connectivity index (χ2n) is 7.23. The lowest BCUT2D eigenvalue weighted by molar-refractivity contribution is -0.143. The number of thiocarbonyl (C=S) groups is 1. The van der Waals surface area contributed by atoms with Gasteiger partial charge in [0.15, 0.2) is 5.11 Å². The van der Waals surface area contributed by atoms with Crippen LogP contribution < -0.4 is 5.32 Å². The number of halogens is 1. The summed E-state index contributed by atoms with van der Waals surface area (Å²) < 4.78 is 11.4. The van der Waals surface area contributed by atoms with Crippen LogP contribution >= 0.6 is 23.8 Å². The monoisotopic (exact) mass is 455 g/mol. The van der Waals surface area contributed by atoms with E-state index in [1.807, 2.05) is 55.5 Å². The molecule has 1 saturated heterocycles. The van der Waals surface area contributed by atoms with Crippen LogP contribution in [0.5, 0.6) is 0 Å². The largest absolute Gasteiger partial charge is 0.465 e. The summed E-state index contributed by atoms with van der Waals surface area (Å²) in [6.07, 6.45) is 1.73. The first-order chi connectivity index (χ1) is 15.0. The molecule has 0 aliphatic carbocycles. The van der Waals surface area contributed by atoms with E-state index >= 15 is 0 Å². The Labute approximate surface area is 191 Å². The van der Waals surface area contributed by atoms with Crippen LogP contribution in [0.15, 0.2) is 59.1 Å². The third-order valence-electron chi connectivity index (χ3n) is 5.18. The van der Waals surface area contributed by atoms with E-state index in [-0.39, 0.29) is 24.6 Å². The lowest BCUT2D eigenvalue weighted by atomic mass is 10.0. The van der Waals surface area contributed by atoms with Crippen molar-refractivity contribution in [2.24, 2.45) is 0 Å². The smallest absolute Gasteiger partial charge is 0.325 e. The first kappa shape index (κ1) is 21.3. The second kappa shape index (κ2) is 9.08. The Hall–Kier alpha value is -2.90. The number of hydrogen-bond donors (Lipinski definition) is 1. The van der Waals surface area contributed by atoms with Gasteiger partial charge in [-0.2, -0.15) is 0 Å². The molecule has 1 aliphatic heterocycles. The number of carbonyl (C=O) groups is 1. The van der Waals surface area contributed by atoms with Crippen LogP contribution in [0.4, 0.5) is 0 Å². The van der Waals surface area contributed by atoms with Crippen LogP contribution in [0.3, 0.4) is 0 Å². The maximum absolute atomic E-state index is 12.2. The van der Waals surface area contributed by atoms with Crippen molar-refractivity contribution in [2.45, 2.75) is 25.9 Å². The summed E-state index contributed by atoms with van der Waals surface area (Å²) in [4.78, 5) is 18.5. The van der Waals surface area contributed by atoms with E-state index in [4.69, 9.17) is 33.0 Å². The average molecular weight is 456 g/mol. The average Bonchev–Trinajstić information content (AvgIpc) is 3.36. The quantitative estimate of drug-likeness (QED) is 0.421. The molecule has 2 atom stereocenters. The van der Waals surface area contributed by atoms with Crippen molar-refractivity contribution in [3.63, 3.8) is 0 Å². The fourth-order valence-corrected chi connectivity index (χ4v) is 4.13. The molecule has 4 rings (SSSR count). The number of rotatable bonds is 6. The van der Waals surface area contributed by atoms with Crippen molar-refractivity contribution in [2.75, 3.05) is 13.2 Å². The van der Waals surface area contributed by atoms with Gasteiger partial charge in [0.05, 0.1) is 18.3 Å². The minimum Gasteiger partial charge on any atom is -0.465 e. The highest BCUT2D eigenvalue weighted by Crippen LogP contribution is 2.40. The summed E-state index contributed by atoms with van der Waals surface area (Å²) in [5, 5.41) is 4.41. The summed E-state index contributed by atoms with van der Waals surface area (Å²) in [5.41, 5.74) is 2.68. The predicted octanol–water partition coefficient (Wildman–Crippen LogP) is 4.84. The van der Waals surface area contributed by atoms with Crippen molar-refractivity contribution in [3.05, 3.63) is 76.8 Å². The number of aryl methyl sites for hydroxylation is 1. The van der Waals surface area contributed by atoms with Gasteiger partial charge in [-0.25, -0.2) is 0 Å². The first-order valence-electron chi connectivity index (χ1n) is 9.98. The van der Waals surface area contributed by atoms with Crippen molar-refractivity contribution in [1.29, 1.82) is 0 Å². The molecular formula is C23H22ClN3O3S. The Morgan fingerprint density at radius 1 is 1.29 bits per heavy atom. The van der Waals surface area contributed by atoms with Gasteiger partial charge in [-0.3, -0.25) is 9.78 Å². The highest BCUT2D eigenvalue weighted by atomic mass is 35.5. The highest BCUT2D eigenvalue weighted by molar-refractivity contribution is 7.80. The highest BCUT2D eigenvalue weighted by Gasteiger charge is 2.42. The molecule has 3 aromatic rings. The Balaban J connectivity index is 1.71. The Bertz CT molecular complexity index is 1100. The Morgan fingerprint density at radius 3 is 2.84 bits per heavy atom. The summed E-state index contributed by atoms with van der Waals surface area (Å²) in [7, 11) is 0. The molecule has 2 unspecified atom stereocenters. The molecule has 1 aliphatic rings. The SMILES string of the molecule is CCOC(=O)CN1C(=S)NC(c2ccccn2)C1c1ccc(-c2ccc(C)c(Cl)c2)o1. The molecule has 0 radical (unpaired) electrons. The van der Waals surface area contributed by atoms with E-state index in [1.54, 1.807) is 18.0 Å². The topological polar surface area (TPSA) is 67.6 Å². The molecule has 0 spiro atoms. The van der Waals surface area contributed by atoms with Crippen molar-refractivity contribution >= 4 is 34.9 Å². The molecule has 1 N–H and O–H groups in total. The Kier molecular flexibility index (Phi) is 6.25. The van der Waals surface area contributed by atoms with Crippen molar-refractivity contribution in [1.82, 2.24) is 15.2 Å². The zero-order chi connectivity index (χ0) is 22.0. The summed E-state index contributed by atoms with van der Waals surface area (Å²) >= 11 is 11.8. The third-order valence-corrected chi connectivity index (χ3v) is 5.94. The van der Waals surface area contributed by atoms with Crippen molar-refractivity contribution < 1.29 is 13.9 Å². The standard InChI is InChI=1S/C23H22ClN3O3S/c1-3-29-20(28)13-27-22(21(26-23(27)31)17-6-4-5-11-25-17)19-10-9-18(30-19)15-8-7-14(2)16(24)12-15/h4-12,21-22H,3,13H2,1-2H3,(H,26,31). The zero-order valence-corrected chi connectivity index (χ0v) is 18.7. The van der Waals surface area contributed by atoms with Crippen LogP contribution in [0.25, 0.3) is 11.3 Å². The van der Waals surface area contributed by atoms with Gasteiger partial charge in [0.25, 0.3) is 0 Å². The molecular weight excluding hydrogens is 434 g/mol. The van der Waals surface area contributed by atoms with Crippen LogP contribution in [0, 0.1) is 6.92 Å². The van der Waals surface area contributed by atoms with Gasteiger partial charge in [0.2, 0.25) is 0 Å². The number of hydrogen-bond acceptors (Lipinski definition) is 5. The van der Waals surface area contributed by atoms with Crippen LogP contribution in [0.2, 0.25) is 5.02 Å². The normalized spacial score (nSPS) is 18.2. The fourth-order valence-electron chi connectivity index (χ4n) is 3.64. The van der Waals surface area contributed by atoms with E-state index in [1.165, 1.54) is 0 Å². The summed E-state index contributed by atoms with van der Waals surface area (Å²) in [6, 6.07) is 14.7. The number of carbonyl (C=O) groups excluding carboxylic acids is 1. The minimum atomic E-state index is -0.360. The third kappa shape index (κ3) is 4.43. The molecule has 8 heteroatoms. The number of benzene rings is 1. The molecule has 160 valence electrons. The van der Waals surface area contributed by atoms with Gasteiger partial charge in [-0.15, -0.1) is 0 Å². The van der Waals surface area contributed by atoms with E-state index in [9.17, 15) is 4.79 Å². The lowest BCUT2D eigenvalue weighted by Crippen LogP contribution is -2.35. The van der Waals surface area contributed by atoms with Gasteiger partial charge in [0, 0.05) is 16.8 Å². The van der Waals surface area contributed by atoms with Gasteiger partial charge < -0.3 is 19.4 Å². The van der Waals surface area contributed by atoms with Crippen LogP contribution in [-0.4, -0.2) is 34.1 Å². The molecule has 3 heterocycles. The number of aromatic nitrogens is 1. The lowest BCUT2D eigenvalue weighted by Gasteiger charge is -2.25. The van der Waals surface area contributed by atoms with Gasteiger partial charge in [0.1, 0.15) is 24.1 Å². The second-order valence-corrected chi connectivity index (χ2v) is 8.02. The summed E-state index contributed by atoms with van der Waals surface area (Å²) in [5.74, 6) is 1.000. The minimum absolute atomic E-state index is 0.0140. The molecule has 1 fully saturated rings. The molecule has 0 amide bonds. The maximum atomic E-state index is 12.2. The number of nitrogens with one attached hydrogen (secondary N) is 1. The number of pyridine rings is 1. The number of furan rings is 1. The number of esters is 1. The molecule has 0 bridgehead atoms. The van der Waals surface area contributed by atoms with Crippen molar-refractivity contribution in [3.8, 4) is 11.3 Å². The molecule has 31 heavy (non-hydrogen) atoms. The van der Waals surface area contributed by atoms with E-state index in [0.29, 0.717) is 28.3 Å². The molecule has 1 aromatic carbocycles. The van der Waals surface area contributed by atoms with E-state index in [2.05, 4.69) is 10.3 Å². The van der Waals surface area contributed by atoms with Gasteiger partial charge in [-0.1, -0.05) is 29.8 Å². The zero-order valence-electron chi connectivity index (χ0n) is 17.2. The number of ether oxygens (including phenoxy) is 1. The van der Waals surface area contributed by atoms with E-state index < -0.39 is 0 Å². The fraction of sp³-hybridized carbons (Fsp3) is 0.261. The van der Waals surface area contributed by atoms with Gasteiger partial charge in [-0.05, 0) is 62.0 Å². The predicted molar refractivity (Wildman–Crippen MR) is 123 cm³/mol. The summed E-state index contributed by atoms with van der Waals surface area (Å²) in [6.45, 7) is 4.05. The molecule has 6 nitrogen and oxygen atoms in total. The van der Waals surface area contributed by atoms with Crippen LogP contribution in [0.1, 0.15) is 36.0 Å². The van der Waals surface area contributed by atoms with Crippen LogP contribution in [-0.2, 0) is 9.53 Å². The number of nitrogens with zero attached hydrogens (tertiary/aromatic N) is 2. The molecule has 0 saturated carbocycles.